The summed E-state index contributed by atoms with van der Waals surface area (Å²) < 4.78 is 5.15. The van der Waals surface area contributed by atoms with Crippen LogP contribution in [0.3, 0.4) is 0 Å². The van der Waals surface area contributed by atoms with Gasteiger partial charge in [-0.15, -0.1) is 0 Å². The Kier molecular flexibility index (Phi) is 4.40. The minimum Gasteiger partial charge on any atom is -0.497 e. The molecule has 1 aliphatic heterocycles. The molecule has 0 bridgehead atoms. The number of hydrogen-bond acceptors (Lipinski definition) is 6. The molecule has 0 radical (unpaired) electrons. The minimum atomic E-state index is -0.526. The summed E-state index contributed by atoms with van der Waals surface area (Å²) in [6.07, 6.45) is 0. The van der Waals surface area contributed by atoms with Crippen molar-refractivity contribution in [2.24, 2.45) is 0 Å². The van der Waals surface area contributed by atoms with E-state index in [0.29, 0.717) is 17.0 Å². The molecule has 2 amide bonds. The SMILES string of the molecule is COc1cccc(NC2=C(c3ccc([N+](=O)[O-])cc3)C(=O)N(C)C2=O)c1. The standard InChI is InChI=1S/C18H15N3O5/c1-20-17(22)15(11-6-8-13(9-7-11)21(24)25)16(18(20)23)19-12-4-3-5-14(10-12)26-2/h3-10,19H,1-2H3. The number of nitrogens with zero attached hydrogens (tertiary/aromatic N) is 2. The largest absolute Gasteiger partial charge is 0.497 e. The third kappa shape index (κ3) is 3.00. The van der Waals surface area contributed by atoms with Gasteiger partial charge in [0, 0.05) is 30.9 Å². The van der Waals surface area contributed by atoms with Crippen LogP contribution < -0.4 is 10.1 Å². The number of non-ortho nitro benzene ring substituents is 1. The normalized spacial score (nSPS) is 14.0. The summed E-state index contributed by atoms with van der Waals surface area (Å²) in [7, 11) is 2.91. The van der Waals surface area contributed by atoms with Crippen molar-refractivity contribution in [2.45, 2.75) is 0 Å². The van der Waals surface area contributed by atoms with Gasteiger partial charge in [-0.05, 0) is 29.8 Å². The van der Waals surface area contributed by atoms with Gasteiger partial charge in [-0.1, -0.05) is 6.07 Å². The average Bonchev–Trinajstić information content (AvgIpc) is 2.86. The fourth-order valence-corrected chi connectivity index (χ4v) is 2.62. The van der Waals surface area contributed by atoms with Crippen LogP contribution in [-0.4, -0.2) is 35.8 Å². The Morgan fingerprint density at radius 3 is 2.38 bits per heavy atom. The average molecular weight is 353 g/mol. The van der Waals surface area contributed by atoms with Crippen molar-refractivity contribution in [3.05, 3.63) is 69.9 Å². The van der Waals surface area contributed by atoms with Crippen molar-refractivity contribution in [1.29, 1.82) is 0 Å². The third-order valence-corrected chi connectivity index (χ3v) is 3.99. The summed E-state index contributed by atoms with van der Waals surface area (Å²) in [5.41, 5.74) is 1.18. The third-order valence-electron chi connectivity index (χ3n) is 3.99. The van der Waals surface area contributed by atoms with E-state index in [1.54, 1.807) is 24.3 Å². The molecule has 0 saturated carbocycles. The molecule has 0 saturated heterocycles. The quantitative estimate of drug-likeness (QED) is 0.503. The van der Waals surface area contributed by atoms with Gasteiger partial charge in [0.2, 0.25) is 0 Å². The number of methoxy groups -OCH3 is 1. The second-order valence-corrected chi connectivity index (χ2v) is 5.58. The van der Waals surface area contributed by atoms with Crippen molar-refractivity contribution in [1.82, 2.24) is 4.90 Å². The molecule has 26 heavy (non-hydrogen) atoms. The zero-order valence-electron chi connectivity index (χ0n) is 14.1. The molecule has 8 heteroatoms. The number of carbonyl (C=O) groups excluding carboxylic acids is 2. The number of imide groups is 1. The molecule has 2 aromatic rings. The van der Waals surface area contributed by atoms with Crippen molar-refractivity contribution < 1.29 is 19.2 Å². The molecule has 0 spiro atoms. The number of carbonyl (C=O) groups is 2. The molecule has 132 valence electrons. The summed E-state index contributed by atoms with van der Waals surface area (Å²) in [4.78, 5) is 36.3. The second-order valence-electron chi connectivity index (χ2n) is 5.58. The number of nitro benzene ring substituents is 1. The summed E-state index contributed by atoms with van der Waals surface area (Å²) >= 11 is 0. The van der Waals surface area contributed by atoms with E-state index in [-0.39, 0.29) is 17.0 Å². The molecule has 0 atom stereocenters. The van der Waals surface area contributed by atoms with E-state index in [9.17, 15) is 19.7 Å². The predicted molar refractivity (Wildman–Crippen MR) is 94.4 cm³/mol. The summed E-state index contributed by atoms with van der Waals surface area (Å²) in [6, 6.07) is 12.4. The Bertz CT molecular complexity index is 934. The fourth-order valence-electron chi connectivity index (χ4n) is 2.62. The molecule has 1 heterocycles. The number of ether oxygens (including phenoxy) is 1. The van der Waals surface area contributed by atoms with Crippen LogP contribution in [0.4, 0.5) is 11.4 Å². The van der Waals surface area contributed by atoms with Crippen LogP contribution in [0.1, 0.15) is 5.56 Å². The van der Waals surface area contributed by atoms with Crippen LogP contribution in [0.2, 0.25) is 0 Å². The van der Waals surface area contributed by atoms with E-state index in [0.717, 1.165) is 4.90 Å². The Morgan fingerprint density at radius 1 is 1.08 bits per heavy atom. The number of nitro groups is 1. The van der Waals surface area contributed by atoms with Crippen LogP contribution in [0.25, 0.3) is 5.57 Å². The highest BCUT2D eigenvalue weighted by Crippen LogP contribution is 2.31. The van der Waals surface area contributed by atoms with Gasteiger partial charge in [0.05, 0.1) is 17.6 Å². The number of amides is 2. The molecule has 1 aliphatic rings. The number of rotatable bonds is 5. The number of likely N-dealkylation sites (N-methyl/N-ethyl adjacent to an activating group) is 1. The van der Waals surface area contributed by atoms with E-state index in [1.165, 1.54) is 38.4 Å². The number of hydrogen-bond donors (Lipinski definition) is 1. The zero-order valence-corrected chi connectivity index (χ0v) is 14.1. The Balaban J connectivity index is 2.05. The lowest BCUT2D eigenvalue weighted by molar-refractivity contribution is -0.384. The highest BCUT2D eigenvalue weighted by molar-refractivity contribution is 6.36. The van der Waals surface area contributed by atoms with Crippen LogP contribution in [0, 0.1) is 10.1 Å². The first-order valence-corrected chi connectivity index (χ1v) is 7.65. The number of anilines is 1. The Hall–Kier alpha value is -3.68. The van der Waals surface area contributed by atoms with Crippen molar-refractivity contribution in [3.63, 3.8) is 0 Å². The van der Waals surface area contributed by atoms with Crippen LogP contribution in [-0.2, 0) is 9.59 Å². The Morgan fingerprint density at radius 2 is 1.77 bits per heavy atom. The maximum atomic E-state index is 12.5. The first-order valence-electron chi connectivity index (χ1n) is 7.65. The molecule has 8 nitrogen and oxygen atoms in total. The van der Waals surface area contributed by atoms with Gasteiger partial charge in [0.1, 0.15) is 11.4 Å². The van der Waals surface area contributed by atoms with Gasteiger partial charge in [-0.2, -0.15) is 0 Å². The maximum Gasteiger partial charge on any atom is 0.277 e. The van der Waals surface area contributed by atoms with Crippen LogP contribution in [0.5, 0.6) is 5.75 Å². The van der Waals surface area contributed by atoms with Gasteiger partial charge in [-0.25, -0.2) is 0 Å². The van der Waals surface area contributed by atoms with Crippen molar-refractivity contribution in [3.8, 4) is 5.75 Å². The molecule has 0 aliphatic carbocycles. The molecule has 3 rings (SSSR count). The lowest BCUT2D eigenvalue weighted by Crippen LogP contribution is -2.27. The fraction of sp³-hybridized carbons (Fsp3) is 0.111. The summed E-state index contributed by atoms with van der Waals surface area (Å²) in [6.45, 7) is 0. The van der Waals surface area contributed by atoms with Crippen molar-refractivity contribution >= 4 is 28.8 Å². The Labute approximate surface area is 148 Å². The first kappa shape index (κ1) is 17.2. The molecule has 0 fully saturated rings. The molecular weight excluding hydrogens is 338 g/mol. The second kappa shape index (κ2) is 6.67. The van der Waals surface area contributed by atoms with E-state index >= 15 is 0 Å². The number of benzene rings is 2. The van der Waals surface area contributed by atoms with E-state index in [4.69, 9.17) is 4.74 Å². The van der Waals surface area contributed by atoms with Gasteiger partial charge in [-0.3, -0.25) is 24.6 Å². The smallest absolute Gasteiger partial charge is 0.277 e. The highest BCUT2D eigenvalue weighted by atomic mass is 16.6. The van der Waals surface area contributed by atoms with Crippen LogP contribution >= 0.6 is 0 Å². The van der Waals surface area contributed by atoms with E-state index in [1.807, 2.05) is 0 Å². The van der Waals surface area contributed by atoms with Gasteiger partial charge < -0.3 is 10.1 Å². The van der Waals surface area contributed by atoms with Gasteiger partial charge in [0.15, 0.2) is 0 Å². The summed E-state index contributed by atoms with van der Waals surface area (Å²) in [5, 5.41) is 13.8. The monoisotopic (exact) mass is 353 g/mol. The lowest BCUT2D eigenvalue weighted by Gasteiger charge is -2.10. The van der Waals surface area contributed by atoms with Crippen LogP contribution in [0.15, 0.2) is 54.2 Å². The van der Waals surface area contributed by atoms with E-state index < -0.39 is 16.7 Å². The minimum absolute atomic E-state index is 0.0956. The lowest BCUT2D eigenvalue weighted by atomic mass is 10.0. The van der Waals surface area contributed by atoms with Gasteiger partial charge in [0.25, 0.3) is 17.5 Å². The topological polar surface area (TPSA) is 102 Å². The number of nitrogens with one attached hydrogen (secondary N) is 1. The summed E-state index contributed by atoms with van der Waals surface area (Å²) in [5.74, 6) is -0.363. The molecule has 0 aromatic heterocycles. The zero-order chi connectivity index (χ0) is 18.8. The first-order chi connectivity index (χ1) is 12.4. The molecule has 1 N–H and O–H groups in total. The van der Waals surface area contributed by atoms with Gasteiger partial charge >= 0.3 is 0 Å². The van der Waals surface area contributed by atoms with Crippen molar-refractivity contribution in [2.75, 3.05) is 19.5 Å². The molecule has 0 unspecified atom stereocenters. The molecular formula is C18H15N3O5. The van der Waals surface area contributed by atoms with E-state index in [2.05, 4.69) is 5.32 Å². The predicted octanol–water partition coefficient (Wildman–Crippen LogP) is 2.43. The highest BCUT2D eigenvalue weighted by Gasteiger charge is 2.36. The molecule has 2 aromatic carbocycles. The maximum absolute atomic E-state index is 12.5.